The quantitative estimate of drug-likeness (QED) is 0.478. The van der Waals surface area contributed by atoms with Crippen LogP contribution < -0.4 is 26.6 Å². The number of allylic oxidation sites excluding steroid dienone is 1. The van der Waals surface area contributed by atoms with Crippen molar-refractivity contribution in [1.82, 2.24) is 26.6 Å². The Morgan fingerprint density at radius 1 is 1.19 bits per heavy atom. The molecule has 5 N–H and O–H groups in total. The van der Waals surface area contributed by atoms with Crippen LogP contribution in [0.5, 0.6) is 0 Å². The van der Waals surface area contributed by atoms with Crippen LogP contribution in [0.15, 0.2) is 11.6 Å². The molecule has 2 saturated heterocycles. The van der Waals surface area contributed by atoms with Gasteiger partial charge in [-0.1, -0.05) is 11.6 Å². The summed E-state index contributed by atoms with van der Waals surface area (Å²) in [4.78, 5) is 0. The van der Waals surface area contributed by atoms with Crippen LogP contribution in [0.1, 0.15) is 45.4 Å². The molecule has 4 rings (SSSR count). The molecule has 0 aromatic rings. The van der Waals surface area contributed by atoms with E-state index in [-0.39, 0.29) is 6.29 Å². The molecule has 4 aliphatic rings. The van der Waals surface area contributed by atoms with Gasteiger partial charge in [0.15, 0.2) is 0 Å². The summed E-state index contributed by atoms with van der Waals surface area (Å²) >= 11 is 0. The number of hydrogen-bond donors (Lipinski definition) is 5. The molecule has 26 heavy (non-hydrogen) atoms. The predicted octanol–water partition coefficient (Wildman–Crippen LogP) is 0.870. The van der Waals surface area contributed by atoms with Gasteiger partial charge in [0, 0.05) is 25.2 Å². The first-order valence-electron chi connectivity index (χ1n) is 10.7. The molecule has 3 fully saturated rings. The topological polar surface area (TPSA) is 69.4 Å². The van der Waals surface area contributed by atoms with Gasteiger partial charge in [-0.25, -0.2) is 0 Å². The van der Waals surface area contributed by atoms with Gasteiger partial charge in [0.2, 0.25) is 0 Å². The lowest BCUT2D eigenvalue weighted by Gasteiger charge is -2.43. The second kappa shape index (κ2) is 8.67. The Balaban J connectivity index is 1.43. The van der Waals surface area contributed by atoms with E-state index in [0.29, 0.717) is 30.3 Å². The van der Waals surface area contributed by atoms with Gasteiger partial charge in [0.1, 0.15) is 6.29 Å². The van der Waals surface area contributed by atoms with Gasteiger partial charge < -0.3 is 15.4 Å². The predicted molar refractivity (Wildman–Crippen MR) is 105 cm³/mol. The second-order valence-corrected chi connectivity index (χ2v) is 8.63. The van der Waals surface area contributed by atoms with Gasteiger partial charge in [-0.05, 0) is 70.9 Å². The van der Waals surface area contributed by atoms with Gasteiger partial charge in [-0.3, -0.25) is 16.0 Å². The van der Waals surface area contributed by atoms with Crippen molar-refractivity contribution in [2.75, 3.05) is 26.7 Å². The molecule has 0 bridgehead atoms. The Bertz CT molecular complexity index is 499. The molecule has 148 valence electrons. The molecule has 3 heterocycles. The highest BCUT2D eigenvalue weighted by molar-refractivity contribution is 5.15. The van der Waals surface area contributed by atoms with Gasteiger partial charge >= 0.3 is 0 Å². The van der Waals surface area contributed by atoms with Crippen LogP contribution in [0.4, 0.5) is 0 Å². The molecule has 7 unspecified atom stereocenters. The lowest BCUT2D eigenvalue weighted by Crippen LogP contribution is -2.68. The summed E-state index contributed by atoms with van der Waals surface area (Å²) in [5.41, 5.74) is 1.69. The molecular weight excluding hydrogens is 326 g/mol. The number of rotatable bonds is 4. The minimum Gasteiger partial charge on any atom is -0.378 e. The Morgan fingerprint density at radius 3 is 3.00 bits per heavy atom. The molecule has 3 aliphatic heterocycles. The third-order valence-electron chi connectivity index (χ3n) is 6.80. The molecule has 0 amide bonds. The van der Waals surface area contributed by atoms with Crippen LogP contribution in [0.3, 0.4) is 0 Å². The fourth-order valence-electron chi connectivity index (χ4n) is 5.51. The number of hydrogen-bond acceptors (Lipinski definition) is 6. The molecule has 6 heteroatoms. The molecule has 0 spiro atoms. The number of fused-ring (bicyclic) bond motifs is 1. The summed E-state index contributed by atoms with van der Waals surface area (Å²) in [6, 6.07) is 1.01. The molecule has 0 radical (unpaired) electrons. The maximum absolute atomic E-state index is 6.16. The van der Waals surface area contributed by atoms with E-state index in [1.807, 2.05) is 7.05 Å². The van der Waals surface area contributed by atoms with E-state index in [9.17, 15) is 0 Å². The lowest BCUT2D eigenvalue weighted by molar-refractivity contribution is 0.0302. The van der Waals surface area contributed by atoms with Crippen LogP contribution in [0, 0.1) is 11.8 Å². The highest BCUT2D eigenvalue weighted by atomic mass is 16.5. The summed E-state index contributed by atoms with van der Waals surface area (Å²) in [6.45, 7) is 5.40. The fraction of sp³-hybridized carbons (Fsp3) is 0.900. The van der Waals surface area contributed by atoms with Gasteiger partial charge in [-0.15, -0.1) is 0 Å². The average Bonchev–Trinajstić information content (AvgIpc) is 2.93. The first kappa shape index (κ1) is 18.8. The third kappa shape index (κ3) is 4.32. The van der Waals surface area contributed by atoms with Gasteiger partial charge in [0.05, 0.1) is 12.3 Å². The standard InChI is InChI=1S/C20H37N5O/c1-13-10-19(21-2)25-20(23-13)24-15-11-17(14-4-3-7-22-8-5-14)16-6-9-26-18(16)12-15/h5,13,15-25H,3-4,6-12H2,1-2H3. The minimum absolute atomic E-state index is 0.171. The van der Waals surface area contributed by atoms with Crippen molar-refractivity contribution in [3.8, 4) is 0 Å². The van der Waals surface area contributed by atoms with E-state index in [4.69, 9.17) is 4.74 Å². The smallest absolute Gasteiger partial charge is 0.113 e. The number of nitrogens with one attached hydrogen (secondary N) is 5. The van der Waals surface area contributed by atoms with Crippen molar-refractivity contribution in [2.45, 2.75) is 76.1 Å². The summed E-state index contributed by atoms with van der Waals surface area (Å²) in [7, 11) is 2.03. The van der Waals surface area contributed by atoms with Crippen molar-refractivity contribution in [1.29, 1.82) is 0 Å². The summed E-state index contributed by atoms with van der Waals surface area (Å²) in [6.07, 6.45) is 10.7. The van der Waals surface area contributed by atoms with Crippen molar-refractivity contribution in [3.63, 3.8) is 0 Å². The van der Waals surface area contributed by atoms with Gasteiger partial charge in [-0.2, -0.15) is 0 Å². The summed E-state index contributed by atoms with van der Waals surface area (Å²) < 4.78 is 6.16. The van der Waals surface area contributed by atoms with Crippen molar-refractivity contribution < 1.29 is 4.74 Å². The SMILES string of the molecule is CNC1CC(C)NC(NC2CC3OCCC3C(C3=CCNCCC3)C2)N1. The van der Waals surface area contributed by atoms with E-state index in [1.54, 1.807) is 5.57 Å². The van der Waals surface area contributed by atoms with E-state index >= 15 is 0 Å². The van der Waals surface area contributed by atoms with Crippen LogP contribution >= 0.6 is 0 Å². The molecule has 1 aliphatic carbocycles. The highest BCUT2D eigenvalue weighted by Gasteiger charge is 2.43. The van der Waals surface area contributed by atoms with Crippen LogP contribution in [-0.2, 0) is 4.74 Å². The third-order valence-corrected chi connectivity index (χ3v) is 6.80. The Morgan fingerprint density at radius 2 is 2.12 bits per heavy atom. The van der Waals surface area contributed by atoms with E-state index in [2.05, 4.69) is 39.6 Å². The van der Waals surface area contributed by atoms with Crippen molar-refractivity contribution in [3.05, 3.63) is 11.6 Å². The summed E-state index contributed by atoms with van der Waals surface area (Å²) in [5, 5.41) is 18.1. The minimum atomic E-state index is 0.171. The number of ether oxygens (including phenoxy) is 1. The molecule has 7 atom stereocenters. The average molecular weight is 364 g/mol. The summed E-state index contributed by atoms with van der Waals surface area (Å²) in [5.74, 6) is 1.42. The first-order valence-corrected chi connectivity index (χ1v) is 10.7. The zero-order chi connectivity index (χ0) is 17.9. The van der Waals surface area contributed by atoms with Gasteiger partial charge in [0.25, 0.3) is 0 Å². The van der Waals surface area contributed by atoms with Crippen molar-refractivity contribution in [2.24, 2.45) is 11.8 Å². The molecule has 0 aromatic carbocycles. The Kier molecular flexibility index (Phi) is 6.29. The van der Waals surface area contributed by atoms with Crippen LogP contribution in [0.25, 0.3) is 0 Å². The molecule has 6 nitrogen and oxygen atoms in total. The van der Waals surface area contributed by atoms with Crippen LogP contribution in [-0.4, -0.2) is 57.4 Å². The normalized spacial score (nSPS) is 44.2. The maximum atomic E-state index is 6.16. The fourth-order valence-corrected chi connectivity index (χ4v) is 5.51. The van der Waals surface area contributed by atoms with E-state index in [1.165, 1.54) is 25.7 Å². The monoisotopic (exact) mass is 363 g/mol. The lowest BCUT2D eigenvalue weighted by atomic mass is 9.70. The molecular formula is C20H37N5O. The maximum Gasteiger partial charge on any atom is 0.113 e. The van der Waals surface area contributed by atoms with Crippen LogP contribution in [0.2, 0.25) is 0 Å². The largest absolute Gasteiger partial charge is 0.378 e. The molecule has 0 aromatic heterocycles. The Labute approximate surface area is 158 Å². The van der Waals surface area contributed by atoms with E-state index < -0.39 is 0 Å². The zero-order valence-electron chi connectivity index (χ0n) is 16.4. The zero-order valence-corrected chi connectivity index (χ0v) is 16.4. The van der Waals surface area contributed by atoms with Crippen molar-refractivity contribution >= 4 is 0 Å². The Hall–Kier alpha value is -0.500. The highest BCUT2D eigenvalue weighted by Crippen LogP contribution is 2.43. The first-order chi connectivity index (χ1) is 12.7. The van der Waals surface area contributed by atoms with E-state index in [0.717, 1.165) is 38.5 Å². The second-order valence-electron chi connectivity index (χ2n) is 8.63. The molecule has 1 saturated carbocycles.